The number of benzene rings is 5. The number of nitrogens with zero attached hydrogens (tertiary/aromatic N) is 4. The van der Waals surface area contributed by atoms with Crippen LogP contribution in [0.15, 0.2) is 80.2 Å². The van der Waals surface area contributed by atoms with Crippen LogP contribution < -0.4 is 21.6 Å². The molecular weight excluding hydrogens is 376 g/mol. The maximum atomic E-state index is 13.2. The lowest BCUT2D eigenvalue weighted by Crippen LogP contribution is -2.18. The predicted octanol–water partition coefficient (Wildman–Crippen LogP) is 2.66. The Morgan fingerprint density at radius 1 is 0.533 bits per heavy atom. The minimum Gasteiger partial charge on any atom is -0.289 e. The molecule has 0 amide bonds. The first-order valence-corrected chi connectivity index (χ1v) is 9.06. The minimum atomic E-state index is -0.233. The third-order valence-corrected chi connectivity index (χ3v) is 5.33. The van der Waals surface area contributed by atoms with Crippen LogP contribution in [-0.4, -0.2) is 0 Å². The smallest absolute Gasteiger partial charge is 0.206 e. The zero-order chi connectivity index (χ0) is 20.8. The second-order valence-corrected chi connectivity index (χ2v) is 6.81. The molecule has 0 N–H and O–H groups in total. The van der Waals surface area contributed by atoms with Gasteiger partial charge in [-0.15, -0.1) is 0 Å². The van der Waals surface area contributed by atoms with E-state index in [1.165, 1.54) is 0 Å². The molecule has 0 atom stereocenters. The summed E-state index contributed by atoms with van der Waals surface area (Å²) in [5, 5.41) is 22.6. The van der Waals surface area contributed by atoms with Crippen molar-refractivity contribution in [3.05, 3.63) is 91.8 Å². The fourth-order valence-corrected chi connectivity index (χ4v) is 4.06. The molecule has 0 heterocycles. The molecule has 5 rings (SSSR count). The Hall–Kier alpha value is -4.68. The quantitative estimate of drug-likeness (QED) is 0.301. The van der Waals surface area contributed by atoms with Crippen molar-refractivity contribution in [1.29, 1.82) is 10.5 Å². The summed E-state index contributed by atoms with van der Waals surface area (Å²) in [7, 11) is 0. The van der Waals surface area contributed by atoms with Crippen molar-refractivity contribution in [3.8, 4) is 12.4 Å². The van der Waals surface area contributed by atoms with Gasteiger partial charge < -0.3 is 0 Å². The first-order chi connectivity index (χ1) is 14.7. The van der Waals surface area contributed by atoms with Gasteiger partial charge in [0.1, 0.15) is 0 Å². The Labute approximate surface area is 168 Å². The zero-order valence-corrected chi connectivity index (χ0v) is 15.4. The molecule has 0 spiro atoms. The third kappa shape index (κ3) is 2.28. The van der Waals surface area contributed by atoms with E-state index in [-0.39, 0.29) is 10.9 Å². The molecule has 0 unspecified atom stereocenters. The van der Waals surface area contributed by atoms with Gasteiger partial charge in [0.2, 0.25) is 12.4 Å². The molecule has 0 aliphatic heterocycles. The molecule has 6 nitrogen and oxygen atoms in total. The highest BCUT2D eigenvalue weighted by Crippen LogP contribution is 2.20. The Morgan fingerprint density at radius 3 is 1.27 bits per heavy atom. The third-order valence-electron chi connectivity index (χ3n) is 5.33. The predicted molar refractivity (Wildman–Crippen MR) is 114 cm³/mol. The summed E-state index contributed by atoms with van der Waals surface area (Å²) in [5.74, 6) is 0. The molecule has 0 saturated heterocycles. The molecule has 30 heavy (non-hydrogen) atoms. The summed E-state index contributed by atoms with van der Waals surface area (Å²) in [6, 6.07) is 17.0. The molecule has 5 aromatic carbocycles. The van der Waals surface area contributed by atoms with Crippen molar-refractivity contribution in [2.45, 2.75) is 0 Å². The van der Waals surface area contributed by atoms with Crippen LogP contribution >= 0.6 is 0 Å². The Kier molecular flexibility index (Phi) is 3.74. The molecule has 138 valence electrons. The van der Waals surface area contributed by atoms with Crippen LogP contribution in [-0.2, 0) is 0 Å². The molecule has 0 aromatic heterocycles. The van der Waals surface area contributed by atoms with Gasteiger partial charge in [-0.2, -0.15) is 20.5 Å². The van der Waals surface area contributed by atoms with Crippen molar-refractivity contribution >= 4 is 43.1 Å². The van der Waals surface area contributed by atoms with Gasteiger partial charge in [-0.05, 0) is 12.1 Å². The fraction of sp³-hybridized carbons (Fsp3) is 0. The van der Waals surface area contributed by atoms with Crippen LogP contribution in [0.25, 0.3) is 43.1 Å². The van der Waals surface area contributed by atoms with Gasteiger partial charge in [0.15, 0.2) is 10.9 Å². The topological polar surface area (TPSA) is 106 Å². The van der Waals surface area contributed by atoms with Crippen LogP contribution in [0.2, 0.25) is 0 Å². The normalized spacial score (nSPS) is 12.6. The molecule has 0 radical (unpaired) electrons. The average Bonchev–Trinajstić information content (AvgIpc) is 2.78. The Bertz CT molecular complexity index is 1720. The molecule has 6 heteroatoms. The summed E-state index contributed by atoms with van der Waals surface area (Å²) in [5.41, 5.74) is -0.467. The highest BCUT2D eigenvalue weighted by atomic mass is 16.1. The van der Waals surface area contributed by atoms with Crippen molar-refractivity contribution in [3.63, 3.8) is 0 Å². The van der Waals surface area contributed by atoms with Crippen LogP contribution in [0.3, 0.4) is 0 Å². The van der Waals surface area contributed by atoms with Gasteiger partial charge in [0.05, 0.1) is 10.7 Å². The van der Waals surface area contributed by atoms with Gasteiger partial charge in [-0.3, -0.25) is 9.59 Å². The first kappa shape index (κ1) is 17.4. The van der Waals surface area contributed by atoms with E-state index < -0.39 is 0 Å². The van der Waals surface area contributed by atoms with E-state index in [4.69, 9.17) is 0 Å². The second kappa shape index (κ2) is 6.44. The summed E-state index contributed by atoms with van der Waals surface area (Å²) in [4.78, 5) is 34.3. The van der Waals surface area contributed by atoms with Crippen LogP contribution in [0.1, 0.15) is 0 Å². The fourth-order valence-electron chi connectivity index (χ4n) is 4.06. The number of hydrogen-bond donors (Lipinski definition) is 0. The van der Waals surface area contributed by atoms with E-state index in [0.29, 0.717) is 53.8 Å². The van der Waals surface area contributed by atoms with E-state index in [1.54, 1.807) is 73.0 Å². The molecule has 0 aliphatic rings. The number of nitriles is 2. The molecule has 0 bridgehead atoms. The van der Waals surface area contributed by atoms with E-state index in [9.17, 15) is 20.1 Å². The van der Waals surface area contributed by atoms with E-state index in [0.717, 1.165) is 0 Å². The standard InChI is InChI=1S/C24H10N4O2/c25-11-27-21-13-5-1-3-7-15(13)23(29)19-10-18-20(9-17(19)21)24(30)16-8-4-2-6-14(16)22(18)28-12-26/h1-10H. The molecule has 0 aliphatic carbocycles. The SMILES string of the molecule is N#CN=c1c2ccccc2c(=O)c2cc3c(=NC#N)c4ccccc4c(=O)c3cc12. The highest BCUT2D eigenvalue weighted by Gasteiger charge is 2.15. The molecule has 0 saturated carbocycles. The second-order valence-electron chi connectivity index (χ2n) is 6.81. The van der Waals surface area contributed by atoms with Crippen LogP contribution in [0.4, 0.5) is 0 Å². The zero-order valence-electron chi connectivity index (χ0n) is 15.4. The van der Waals surface area contributed by atoms with E-state index in [2.05, 4.69) is 9.98 Å². The number of rotatable bonds is 0. The maximum absolute atomic E-state index is 13.2. The summed E-state index contributed by atoms with van der Waals surface area (Å²) in [6.07, 6.45) is 3.59. The number of hydrogen-bond acceptors (Lipinski definition) is 6. The van der Waals surface area contributed by atoms with Gasteiger partial charge in [-0.1, -0.05) is 48.5 Å². The highest BCUT2D eigenvalue weighted by molar-refractivity contribution is 6.07. The summed E-state index contributed by atoms with van der Waals surface area (Å²) in [6.45, 7) is 0. The molecule has 0 fully saturated rings. The van der Waals surface area contributed by atoms with E-state index in [1.807, 2.05) is 0 Å². The van der Waals surface area contributed by atoms with Crippen LogP contribution in [0.5, 0.6) is 0 Å². The largest absolute Gasteiger partial charge is 0.289 e. The Morgan fingerprint density at radius 2 is 0.900 bits per heavy atom. The lowest BCUT2D eigenvalue weighted by molar-refractivity contribution is 1.36. The van der Waals surface area contributed by atoms with Gasteiger partial charge in [-0.25, -0.2) is 0 Å². The van der Waals surface area contributed by atoms with Crippen LogP contribution in [0, 0.1) is 22.9 Å². The lowest BCUT2D eigenvalue weighted by Gasteiger charge is -2.07. The van der Waals surface area contributed by atoms with Gasteiger partial charge in [0, 0.05) is 43.1 Å². The summed E-state index contributed by atoms with van der Waals surface area (Å²) < 4.78 is 0. The Balaban J connectivity index is 2.20. The number of fused-ring (bicyclic) bond motifs is 4. The van der Waals surface area contributed by atoms with Gasteiger partial charge in [0.25, 0.3) is 0 Å². The lowest BCUT2D eigenvalue weighted by atomic mass is 9.95. The molecule has 5 aromatic rings. The minimum absolute atomic E-state index is 0.233. The first-order valence-electron chi connectivity index (χ1n) is 9.06. The van der Waals surface area contributed by atoms with Gasteiger partial charge >= 0.3 is 0 Å². The monoisotopic (exact) mass is 386 g/mol. The molecular formula is C24H10N4O2. The van der Waals surface area contributed by atoms with E-state index >= 15 is 0 Å². The summed E-state index contributed by atoms with van der Waals surface area (Å²) >= 11 is 0. The van der Waals surface area contributed by atoms with Crippen molar-refractivity contribution in [2.75, 3.05) is 0 Å². The average molecular weight is 386 g/mol. The van der Waals surface area contributed by atoms with Crippen molar-refractivity contribution < 1.29 is 0 Å². The van der Waals surface area contributed by atoms with Crippen molar-refractivity contribution in [2.24, 2.45) is 9.98 Å². The maximum Gasteiger partial charge on any atom is 0.206 e. The van der Waals surface area contributed by atoms with Crippen molar-refractivity contribution in [1.82, 2.24) is 0 Å².